The van der Waals surface area contributed by atoms with Crippen molar-refractivity contribution in [3.05, 3.63) is 57.6 Å². The number of hydrogen-bond donors (Lipinski definition) is 2. The van der Waals surface area contributed by atoms with Gasteiger partial charge in [0, 0.05) is 5.56 Å². The minimum Gasteiger partial charge on any atom is -0.508 e. The molecule has 0 fully saturated rings. The molecule has 2 rings (SSSR count). The molecule has 98 valence electrons. The van der Waals surface area contributed by atoms with Gasteiger partial charge >= 0.3 is 0 Å². The first kappa shape index (κ1) is 13.7. The van der Waals surface area contributed by atoms with Crippen molar-refractivity contribution in [2.24, 2.45) is 0 Å². The fraction of sp³-hybridized carbons (Fsp3) is 0.0714. The molecule has 0 saturated heterocycles. The van der Waals surface area contributed by atoms with E-state index in [4.69, 9.17) is 23.2 Å². The van der Waals surface area contributed by atoms with E-state index < -0.39 is 0 Å². The van der Waals surface area contributed by atoms with Crippen molar-refractivity contribution in [3.63, 3.8) is 0 Å². The van der Waals surface area contributed by atoms with Crippen molar-refractivity contribution in [1.82, 2.24) is 0 Å². The Labute approximate surface area is 120 Å². The molecular weight excluding hydrogens is 285 g/mol. The summed E-state index contributed by atoms with van der Waals surface area (Å²) in [5.41, 5.74) is 1.52. The summed E-state index contributed by atoms with van der Waals surface area (Å²) in [6.07, 6.45) is 0. The van der Waals surface area contributed by atoms with Crippen LogP contribution in [-0.4, -0.2) is 11.0 Å². The van der Waals surface area contributed by atoms with Gasteiger partial charge in [-0.2, -0.15) is 0 Å². The molecule has 2 N–H and O–H groups in total. The molecule has 0 unspecified atom stereocenters. The molecule has 5 heteroatoms. The second kappa shape index (κ2) is 5.51. The minimum absolute atomic E-state index is 0.0223. The summed E-state index contributed by atoms with van der Waals surface area (Å²) in [6, 6.07) is 9.47. The molecule has 0 aliphatic carbocycles. The molecule has 0 aliphatic heterocycles. The fourth-order valence-electron chi connectivity index (χ4n) is 1.60. The zero-order valence-corrected chi connectivity index (χ0v) is 11.6. The number of phenols is 1. The summed E-state index contributed by atoms with van der Waals surface area (Å²) in [4.78, 5) is 12.0. The predicted octanol–water partition coefficient (Wildman–Crippen LogP) is 4.26. The third-order valence-corrected chi connectivity index (χ3v) is 3.43. The van der Waals surface area contributed by atoms with Crippen molar-refractivity contribution in [2.75, 3.05) is 5.32 Å². The van der Waals surface area contributed by atoms with Crippen molar-refractivity contribution in [3.8, 4) is 5.75 Å². The van der Waals surface area contributed by atoms with Crippen LogP contribution in [0.2, 0.25) is 10.0 Å². The lowest BCUT2D eigenvalue weighted by Gasteiger charge is -2.11. The van der Waals surface area contributed by atoms with E-state index in [1.54, 1.807) is 24.3 Å². The Morgan fingerprint density at radius 2 is 1.95 bits per heavy atom. The first-order chi connectivity index (χ1) is 8.99. The van der Waals surface area contributed by atoms with Gasteiger partial charge in [0.05, 0.1) is 15.7 Å². The van der Waals surface area contributed by atoms with Crippen LogP contribution in [0.4, 0.5) is 5.69 Å². The number of aromatic hydroxyl groups is 1. The van der Waals surface area contributed by atoms with Crippen LogP contribution >= 0.6 is 23.2 Å². The number of benzene rings is 2. The van der Waals surface area contributed by atoms with Gasteiger partial charge in [-0.1, -0.05) is 35.3 Å². The van der Waals surface area contributed by atoms with Crippen LogP contribution in [0.5, 0.6) is 5.75 Å². The molecule has 3 nitrogen and oxygen atoms in total. The van der Waals surface area contributed by atoms with Crippen LogP contribution in [0.15, 0.2) is 36.4 Å². The Balaban J connectivity index is 2.32. The van der Waals surface area contributed by atoms with E-state index >= 15 is 0 Å². The second-order valence-corrected chi connectivity index (χ2v) is 4.84. The van der Waals surface area contributed by atoms with Gasteiger partial charge in [-0.05, 0) is 36.8 Å². The number of amides is 1. The lowest BCUT2D eigenvalue weighted by molar-refractivity contribution is 0.102. The number of phenolic OH excluding ortho intramolecular Hbond substituents is 1. The van der Waals surface area contributed by atoms with Crippen molar-refractivity contribution in [2.45, 2.75) is 6.92 Å². The fourth-order valence-corrected chi connectivity index (χ4v) is 2.07. The van der Waals surface area contributed by atoms with Crippen molar-refractivity contribution < 1.29 is 9.90 Å². The van der Waals surface area contributed by atoms with Gasteiger partial charge in [-0.25, -0.2) is 0 Å². The molecule has 19 heavy (non-hydrogen) atoms. The van der Waals surface area contributed by atoms with E-state index in [9.17, 15) is 9.90 Å². The van der Waals surface area contributed by atoms with E-state index in [-0.39, 0.29) is 11.7 Å². The van der Waals surface area contributed by atoms with Gasteiger partial charge in [-0.3, -0.25) is 4.79 Å². The highest BCUT2D eigenvalue weighted by Crippen LogP contribution is 2.33. The number of aryl methyl sites for hydroxylation is 1. The van der Waals surface area contributed by atoms with E-state index in [0.717, 1.165) is 5.56 Å². The predicted molar refractivity (Wildman–Crippen MR) is 77.3 cm³/mol. The van der Waals surface area contributed by atoms with Crippen LogP contribution in [0.3, 0.4) is 0 Å². The molecule has 2 aromatic carbocycles. The van der Waals surface area contributed by atoms with E-state index in [2.05, 4.69) is 5.32 Å². The third-order valence-electron chi connectivity index (χ3n) is 2.63. The van der Waals surface area contributed by atoms with Crippen LogP contribution in [-0.2, 0) is 0 Å². The molecule has 0 aliphatic rings. The van der Waals surface area contributed by atoms with Gasteiger partial charge in [0.15, 0.2) is 0 Å². The molecule has 0 aromatic heterocycles. The number of rotatable bonds is 2. The topological polar surface area (TPSA) is 49.3 Å². The maximum Gasteiger partial charge on any atom is 0.255 e. The number of nitrogens with one attached hydrogen (secondary N) is 1. The van der Waals surface area contributed by atoms with Crippen LogP contribution in [0.25, 0.3) is 0 Å². The second-order valence-electron chi connectivity index (χ2n) is 4.06. The Bertz CT molecular complexity index is 641. The van der Waals surface area contributed by atoms with E-state index in [1.807, 2.05) is 6.92 Å². The maximum atomic E-state index is 12.0. The number of carbonyl (C=O) groups is 1. The highest BCUT2D eigenvalue weighted by molar-refractivity contribution is 6.40. The standard InChI is InChI=1S/C14H11Cl2NO2/c1-8-5-6-11(15)13(12(8)16)17-14(19)9-3-2-4-10(18)7-9/h2-7,18H,1H3,(H,17,19). The largest absolute Gasteiger partial charge is 0.508 e. The lowest BCUT2D eigenvalue weighted by Crippen LogP contribution is -2.12. The van der Waals surface area contributed by atoms with Gasteiger partial charge in [0.1, 0.15) is 5.75 Å². The summed E-state index contributed by atoms with van der Waals surface area (Å²) < 4.78 is 0. The third kappa shape index (κ3) is 3.00. The molecule has 2 aromatic rings. The van der Waals surface area contributed by atoms with Gasteiger partial charge < -0.3 is 10.4 Å². The van der Waals surface area contributed by atoms with E-state index in [1.165, 1.54) is 12.1 Å². The van der Waals surface area contributed by atoms with Gasteiger partial charge in [0.2, 0.25) is 0 Å². The molecule has 0 heterocycles. The SMILES string of the molecule is Cc1ccc(Cl)c(NC(=O)c2cccc(O)c2)c1Cl. The maximum absolute atomic E-state index is 12.0. The normalized spacial score (nSPS) is 10.3. The highest BCUT2D eigenvalue weighted by Gasteiger charge is 2.13. The average molecular weight is 296 g/mol. The summed E-state index contributed by atoms with van der Waals surface area (Å²) in [5.74, 6) is -0.362. The molecular formula is C14H11Cl2NO2. The molecule has 0 saturated carbocycles. The number of hydrogen-bond acceptors (Lipinski definition) is 2. The zero-order chi connectivity index (χ0) is 14.0. The molecule has 0 spiro atoms. The minimum atomic E-state index is -0.384. The van der Waals surface area contributed by atoms with Crippen molar-refractivity contribution in [1.29, 1.82) is 0 Å². The average Bonchev–Trinajstić information content (AvgIpc) is 2.39. The Morgan fingerprint density at radius 3 is 2.63 bits per heavy atom. The smallest absolute Gasteiger partial charge is 0.255 e. The first-order valence-electron chi connectivity index (χ1n) is 5.54. The summed E-state index contributed by atoms with van der Waals surface area (Å²) >= 11 is 12.1. The van der Waals surface area contributed by atoms with Crippen LogP contribution in [0, 0.1) is 6.92 Å². The van der Waals surface area contributed by atoms with Crippen LogP contribution < -0.4 is 5.32 Å². The molecule has 0 radical (unpaired) electrons. The van der Waals surface area contributed by atoms with Crippen LogP contribution in [0.1, 0.15) is 15.9 Å². The molecule has 1 amide bonds. The van der Waals surface area contributed by atoms with E-state index in [0.29, 0.717) is 21.3 Å². The monoisotopic (exact) mass is 295 g/mol. The van der Waals surface area contributed by atoms with Gasteiger partial charge in [-0.15, -0.1) is 0 Å². The first-order valence-corrected chi connectivity index (χ1v) is 6.29. The zero-order valence-electron chi connectivity index (χ0n) is 10.1. The summed E-state index contributed by atoms with van der Waals surface area (Å²) in [6.45, 7) is 1.82. The Hall–Kier alpha value is -1.71. The Morgan fingerprint density at radius 1 is 1.21 bits per heavy atom. The summed E-state index contributed by atoms with van der Waals surface area (Å²) in [7, 11) is 0. The Kier molecular flexibility index (Phi) is 3.98. The summed E-state index contributed by atoms with van der Waals surface area (Å²) in [5, 5.41) is 12.8. The number of halogens is 2. The number of anilines is 1. The quantitative estimate of drug-likeness (QED) is 0.870. The highest BCUT2D eigenvalue weighted by atomic mass is 35.5. The molecule has 0 atom stereocenters. The van der Waals surface area contributed by atoms with Gasteiger partial charge in [0.25, 0.3) is 5.91 Å². The molecule has 0 bridgehead atoms. The lowest BCUT2D eigenvalue weighted by atomic mass is 10.1. The van der Waals surface area contributed by atoms with Crippen molar-refractivity contribution >= 4 is 34.8 Å². The number of carbonyl (C=O) groups excluding carboxylic acids is 1.